The fourth-order valence-electron chi connectivity index (χ4n) is 4.03. The summed E-state index contributed by atoms with van der Waals surface area (Å²) in [6, 6.07) is 2.77. The number of rotatable bonds is 3. The minimum atomic E-state index is -3.58. The lowest BCUT2D eigenvalue weighted by Crippen LogP contribution is -2.54. The molecular weight excluding hydrogens is 416 g/mol. The normalized spacial score (nSPS) is 18.2. The van der Waals surface area contributed by atoms with Gasteiger partial charge in [0.25, 0.3) is 0 Å². The summed E-state index contributed by atoms with van der Waals surface area (Å²) >= 11 is 0. The van der Waals surface area contributed by atoms with E-state index in [1.165, 1.54) is 39.8 Å². The van der Waals surface area contributed by atoms with Gasteiger partial charge in [0.05, 0.1) is 15.7 Å². The van der Waals surface area contributed by atoms with Crippen LogP contribution in [0.5, 0.6) is 0 Å². The maximum Gasteiger partial charge on any atom is 0.183 e. The summed E-state index contributed by atoms with van der Waals surface area (Å²) in [5.74, 6) is -2.53. The predicted octanol–water partition coefficient (Wildman–Crippen LogP) is 4.25. The Kier molecular flexibility index (Phi) is 6.02. The van der Waals surface area contributed by atoms with E-state index < -0.39 is 49.3 Å². The number of allylic oxidation sites excluding steroid dienone is 3. The molecule has 0 amide bonds. The van der Waals surface area contributed by atoms with Crippen LogP contribution < -0.4 is 0 Å². The first-order valence-corrected chi connectivity index (χ1v) is 11.8. The van der Waals surface area contributed by atoms with Gasteiger partial charge in [0.2, 0.25) is 0 Å². The van der Waals surface area contributed by atoms with Crippen LogP contribution in [0.1, 0.15) is 65.2 Å². The molecule has 0 radical (unpaired) electrons. The van der Waals surface area contributed by atoms with Gasteiger partial charge in [0.1, 0.15) is 11.3 Å². The highest BCUT2D eigenvalue weighted by Crippen LogP contribution is 2.43. The molecule has 0 aromatic heterocycles. The lowest BCUT2D eigenvalue weighted by Gasteiger charge is -2.37. The Balaban J connectivity index is 2.97. The third-order valence-corrected chi connectivity index (χ3v) is 7.31. The number of hydrogen-bond acceptors (Lipinski definition) is 6. The number of carbonyl (C=O) groups excluding carboxylic acids is 3. The van der Waals surface area contributed by atoms with Crippen LogP contribution in [-0.2, 0) is 24.2 Å². The molecule has 2 rings (SSSR count). The Bertz CT molecular complexity index is 1150. The molecule has 0 spiro atoms. The molecule has 1 aliphatic carbocycles. The molecule has 0 saturated heterocycles. The molecule has 1 aliphatic rings. The number of carbonyl (C=O) groups is 3. The Morgan fingerprint density at radius 3 is 1.74 bits per heavy atom. The Labute approximate surface area is 184 Å². The zero-order valence-electron chi connectivity index (χ0n) is 19.6. The SMILES string of the molecule is CC(C)=C(C)c1c(S(C)(=O)=O)ccc(C(O)=C2C(=O)C(C)(C)C(=O)C(C)(C)C2=O)c1C. The molecule has 7 heteroatoms. The number of ketones is 3. The molecule has 31 heavy (non-hydrogen) atoms. The van der Waals surface area contributed by atoms with Gasteiger partial charge in [-0.2, -0.15) is 0 Å². The van der Waals surface area contributed by atoms with Crippen LogP contribution in [0.25, 0.3) is 11.3 Å². The highest BCUT2D eigenvalue weighted by molar-refractivity contribution is 7.90. The van der Waals surface area contributed by atoms with Crippen LogP contribution in [-0.4, -0.2) is 37.1 Å². The zero-order valence-corrected chi connectivity index (χ0v) is 20.4. The van der Waals surface area contributed by atoms with E-state index in [1.807, 2.05) is 13.8 Å². The summed E-state index contributed by atoms with van der Waals surface area (Å²) < 4.78 is 24.8. The van der Waals surface area contributed by atoms with Crippen LogP contribution in [0.2, 0.25) is 0 Å². The van der Waals surface area contributed by atoms with E-state index in [0.717, 1.165) is 17.4 Å². The number of Topliss-reactive ketones (excluding diaryl/α,β-unsaturated/α-hetero) is 3. The third kappa shape index (κ3) is 3.80. The monoisotopic (exact) mass is 446 g/mol. The maximum absolute atomic E-state index is 13.1. The van der Waals surface area contributed by atoms with Crippen molar-refractivity contribution in [2.24, 2.45) is 10.8 Å². The quantitative estimate of drug-likeness (QED) is 0.322. The molecule has 1 aromatic carbocycles. The second-order valence-electron chi connectivity index (χ2n) is 9.47. The van der Waals surface area contributed by atoms with Gasteiger partial charge < -0.3 is 5.11 Å². The number of aliphatic hydroxyl groups is 1. The Morgan fingerprint density at radius 2 is 1.35 bits per heavy atom. The lowest BCUT2D eigenvalue weighted by atomic mass is 9.60. The van der Waals surface area contributed by atoms with E-state index in [2.05, 4.69) is 0 Å². The lowest BCUT2D eigenvalue weighted by molar-refractivity contribution is -0.151. The largest absolute Gasteiger partial charge is 0.506 e. The first kappa shape index (κ1) is 24.7. The summed E-state index contributed by atoms with van der Waals surface area (Å²) in [7, 11) is -3.58. The molecule has 1 aromatic rings. The maximum atomic E-state index is 13.1. The minimum absolute atomic E-state index is 0.0994. The van der Waals surface area contributed by atoms with Crippen LogP contribution in [0.4, 0.5) is 0 Å². The van der Waals surface area contributed by atoms with Crippen molar-refractivity contribution >= 4 is 38.5 Å². The van der Waals surface area contributed by atoms with Crippen molar-refractivity contribution in [1.82, 2.24) is 0 Å². The fourth-order valence-corrected chi connectivity index (χ4v) is 5.03. The minimum Gasteiger partial charge on any atom is -0.506 e. The van der Waals surface area contributed by atoms with E-state index in [0.29, 0.717) is 11.1 Å². The molecule has 0 heterocycles. The van der Waals surface area contributed by atoms with Gasteiger partial charge in [0.15, 0.2) is 27.2 Å². The van der Waals surface area contributed by atoms with Crippen molar-refractivity contribution in [3.63, 3.8) is 0 Å². The fraction of sp³-hybridized carbons (Fsp3) is 0.458. The van der Waals surface area contributed by atoms with Crippen molar-refractivity contribution in [2.45, 2.75) is 60.3 Å². The molecule has 168 valence electrons. The molecule has 6 nitrogen and oxygen atoms in total. The van der Waals surface area contributed by atoms with Crippen LogP contribution in [0, 0.1) is 17.8 Å². The van der Waals surface area contributed by atoms with Crippen LogP contribution in [0.3, 0.4) is 0 Å². The van der Waals surface area contributed by atoms with Gasteiger partial charge in [0, 0.05) is 11.8 Å². The molecule has 0 aliphatic heterocycles. The van der Waals surface area contributed by atoms with Gasteiger partial charge in [-0.3, -0.25) is 14.4 Å². The third-order valence-electron chi connectivity index (χ3n) is 6.17. The topological polar surface area (TPSA) is 106 Å². The van der Waals surface area contributed by atoms with Crippen molar-refractivity contribution in [2.75, 3.05) is 6.26 Å². The second kappa shape index (κ2) is 7.55. The summed E-state index contributed by atoms with van der Waals surface area (Å²) in [6.45, 7) is 12.9. The average Bonchev–Trinajstić information content (AvgIpc) is 2.64. The summed E-state index contributed by atoms with van der Waals surface area (Å²) in [5, 5.41) is 11.1. The van der Waals surface area contributed by atoms with Gasteiger partial charge in [-0.1, -0.05) is 5.57 Å². The standard InChI is InChI=1S/C24H30O6S/c1-12(2)13(3)17-14(4)15(10-11-16(17)31(9,29)30)19(25)18-20(26)23(5,6)22(28)24(7,8)21(18)27/h10-11,25H,1-9H3. The van der Waals surface area contributed by atoms with E-state index in [4.69, 9.17) is 0 Å². The molecule has 1 N–H and O–H groups in total. The average molecular weight is 447 g/mol. The highest BCUT2D eigenvalue weighted by Gasteiger charge is 2.56. The van der Waals surface area contributed by atoms with Crippen molar-refractivity contribution in [1.29, 1.82) is 0 Å². The van der Waals surface area contributed by atoms with E-state index in [-0.39, 0.29) is 10.5 Å². The zero-order chi connectivity index (χ0) is 24.3. The molecule has 1 saturated carbocycles. The number of sulfone groups is 1. The summed E-state index contributed by atoms with van der Waals surface area (Å²) in [4.78, 5) is 39.0. The Hall–Kier alpha value is -2.54. The molecule has 0 bridgehead atoms. The van der Waals surface area contributed by atoms with Crippen molar-refractivity contribution in [3.05, 3.63) is 40.0 Å². The van der Waals surface area contributed by atoms with E-state index in [1.54, 1.807) is 13.8 Å². The van der Waals surface area contributed by atoms with Gasteiger partial charge in [-0.05, 0) is 84.2 Å². The van der Waals surface area contributed by atoms with Crippen molar-refractivity contribution < 1.29 is 27.9 Å². The van der Waals surface area contributed by atoms with E-state index >= 15 is 0 Å². The first-order chi connectivity index (χ1) is 13.9. The first-order valence-electron chi connectivity index (χ1n) is 9.94. The Morgan fingerprint density at radius 1 is 0.903 bits per heavy atom. The van der Waals surface area contributed by atoms with Gasteiger partial charge in [-0.25, -0.2) is 8.42 Å². The summed E-state index contributed by atoms with van der Waals surface area (Å²) in [6.07, 6.45) is 1.10. The second-order valence-corrected chi connectivity index (χ2v) is 11.5. The summed E-state index contributed by atoms with van der Waals surface area (Å²) in [5.41, 5.74) is -0.729. The molecule has 0 unspecified atom stereocenters. The van der Waals surface area contributed by atoms with Crippen molar-refractivity contribution in [3.8, 4) is 0 Å². The molecule has 1 fully saturated rings. The predicted molar refractivity (Wildman–Crippen MR) is 120 cm³/mol. The van der Waals surface area contributed by atoms with E-state index in [9.17, 15) is 27.9 Å². The number of benzene rings is 1. The van der Waals surface area contributed by atoms with Gasteiger partial charge in [-0.15, -0.1) is 0 Å². The van der Waals surface area contributed by atoms with Crippen LogP contribution in [0.15, 0.2) is 28.2 Å². The smallest absolute Gasteiger partial charge is 0.183 e. The molecular formula is C24H30O6S. The number of aliphatic hydroxyl groups excluding tert-OH is 1. The number of hydrogen-bond donors (Lipinski definition) is 1. The van der Waals surface area contributed by atoms with Gasteiger partial charge >= 0.3 is 0 Å². The molecule has 0 atom stereocenters. The van der Waals surface area contributed by atoms with Crippen LogP contribution >= 0.6 is 0 Å². The highest BCUT2D eigenvalue weighted by atomic mass is 32.2.